The molecular formula is C24H32ClN3O4. The molecule has 0 bridgehead atoms. The molecule has 0 aliphatic carbocycles. The van der Waals surface area contributed by atoms with Crippen molar-refractivity contribution in [2.75, 3.05) is 12.5 Å². The fraction of sp³-hybridized carbons (Fsp3) is 0.542. The average molecular weight is 462 g/mol. The van der Waals surface area contributed by atoms with Gasteiger partial charge in [0.15, 0.2) is 0 Å². The lowest BCUT2D eigenvalue weighted by Gasteiger charge is -2.13. The van der Waals surface area contributed by atoms with Gasteiger partial charge in [-0.2, -0.15) is 0 Å². The molecule has 2 aromatic heterocycles. The quantitative estimate of drug-likeness (QED) is 0.230. The lowest BCUT2D eigenvalue weighted by atomic mass is 10.0. The number of rotatable bonds is 13. The number of aliphatic hydroxyl groups is 1. The number of ether oxygens (including phenoxy) is 1. The van der Waals surface area contributed by atoms with Crippen LogP contribution >= 0.6 is 11.6 Å². The molecule has 0 saturated heterocycles. The third-order valence-corrected chi connectivity index (χ3v) is 5.80. The number of halogens is 1. The Balaban J connectivity index is 1.60. The van der Waals surface area contributed by atoms with E-state index in [9.17, 15) is 9.90 Å². The van der Waals surface area contributed by atoms with Crippen molar-refractivity contribution in [2.24, 2.45) is 0 Å². The molecule has 3 aromatic rings. The van der Waals surface area contributed by atoms with Gasteiger partial charge in [-0.15, -0.1) is 16.7 Å². The minimum absolute atomic E-state index is 0.0844. The van der Waals surface area contributed by atoms with Crippen molar-refractivity contribution in [1.82, 2.24) is 15.0 Å². The molecule has 8 heteroatoms. The van der Waals surface area contributed by atoms with E-state index in [1.54, 1.807) is 10.7 Å². The number of hydrogen-bond acceptors (Lipinski definition) is 6. The van der Waals surface area contributed by atoms with Crippen LogP contribution in [0.25, 0.3) is 11.0 Å². The highest BCUT2D eigenvalue weighted by atomic mass is 35.5. The van der Waals surface area contributed by atoms with Crippen molar-refractivity contribution in [2.45, 2.75) is 71.4 Å². The van der Waals surface area contributed by atoms with E-state index in [4.69, 9.17) is 20.8 Å². The van der Waals surface area contributed by atoms with E-state index in [0.717, 1.165) is 60.7 Å². The summed E-state index contributed by atoms with van der Waals surface area (Å²) < 4.78 is 12.9. The fourth-order valence-corrected chi connectivity index (χ4v) is 3.87. The first-order valence-electron chi connectivity index (χ1n) is 11.3. The van der Waals surface area contributed by atoms with Crippen LogP contribution in [0.15, 0.2) is 33.6 Å². The van der Waals surface area contributed by atoms with Crippen LogP contribution in [0.5, 0.6) is 5.75 Å². The number of aromatic nitrogens is 3. The molecule has 32 heavy (non-hydrogen) atoms. The molecule has 2 heterocycles. The summed E-state index contributed by atoms with van der Waals surface area (Å²) in [6.07, 6.45) is 7.84. The predicted molar refractivity (Wildman–Crippen MR) is 126 cm³/mol. The Morgan fingerprint density at radius 3 is 2.84 bits per heavy atom. The number of nitrogens with zero attached hydrogens (tertiary/aromatic N) is 3. The normalized spacial score (nSPS) is 12.4. The Hall–Kier alpha value is -2.38. The fourth-order valence-electron chi connectivity index (χ4n) is 3.73. The molecule has 1 atom stereocenters. The van der Waals surface area contributed by atoms with Gasteiger partial charge in [-0.25, -0.2) is 9.48 Å². The van der Waals surface area contributed by atoms with Crippen molar-refractivity contribution in [3.05, 3.63) is 51.6 Å². The van der Waals surface area contributed by atoms with E-state index >= 15 is 0 Å². The van der Waals surface area contributed by atoms with Crippen molar-refractivity contribution < 1.29 is 14.3 Å². The van der Waals surface area contributed by atoms with Crippen LogP contribution < -0.4 is 10.4 Å². The van der Waals surface area contributed by atoms with Gasteiger partial charge < -0.3 is 14.3 Å². The number of alkyl halides is 1. The highest BCUT2D eigenvalue weighted by Gasteiger charge is 2.13. The van der Waals surface area contributed by atoms with E-state index in [0.29, 0.717) is 17.2 Å². The molecule has 7 nitrogen and oxygen atoms in total. The summed E-state index contributed by atoms with van der Waals surface area (Å²) in [7, 11) is 0. The second-order valence-corrected chi connectivity index (χ2v) is 8.53. The summed E-state index contributed by atoms with van der Waals surface area (Å²) in [5, 5.41) is 19.3. The molecule has 0 saturated carbocycles. The lowest BCUT2D eigenvalue weighted by Crippen LogP contribution is -2.24. The van der Waals surface area contributed by atoms with Crippen molar-refractivity contribution in [3.8, 4) is 5.75 Å². The van der Waals surface area contributed by atoms with Crippen molar-refractivity contribution in [3.63, 3.8) is 0 Å². The number of aliphatic hydroxyl groups excluding tert-OH is 1. The maximum absolute atomic E-state index is 12.5. The summed E-state index contributed by atoms with van der Waals surface area (Å²) in [5.41, 5.74) is 2.80. The van der Waals surface area contributed by atoms with Crippen LogP contribution in [0.1, 0.15) is 55.8 Å². The van der Waals surface area contributed by atoms with Gasteiger partial charge in [0, 0.05) is 29.1 Å². The predicted octanol–water partition coefficient (Wildman–Crippen LogP) is 4.43. The number of unbranched alkanes of at least 4 members (excludes halogenated alkanes) is 3. The molecule has 1 aromatic carbocycles. The minimum atomic E-state index is -0.757. The Kier molecular flexibility index (Phi) is 9.11. The van der Waals surface area contributed by atoms with Crippen LogP contribution in [0.2, 0.25) is 0 Å². The van der Waals surface area contributed by atoms with Gasteiger partial charge in [0.25, 0.3) is 0 Å². The molecular weight excluding hydrogens is 430 g/mol. The second kappa shape index (κ2) is 12.0. The highest BCUT2D eigenvalue weighted by Crippen LogP contribution is 2.25. The van der Waals surface area contributed by atoms with Crippen LogP contribution in [0.3, 0.4) is 0 Å². The summed E-state index contributed by atoms with van der Waals surface area (Å²) in [6.45, 7) is 4.50. The molecule has 0 aliphatic rings. The molecule has 0 aliphatic heterocycles. The van der Waals surface area contributed by atoms with E-state index in [1.807, 2.05) is 25.3 Å². The van der Waals surface area contributed by atoms with Crippen LogP contribution in [0.4, 0.5) is 0 Å². The Labute approximate surface area is 193 Å². The molecule has 0 radical (unpaired) electrons. The topological polar surface area (TPSA) is 90.4 Å². The second-order valence-electron chi connectivity index (χ2n) is 8.15. The number of benzene rings is 1. The first-order valence-corrected chi connectivity index (χ1v) is 11.9. The minimum Gasteiger partial charge on any atom is -0.491 e. The smallest absolute Gasteiger partial charge is 0.339 e. The van der Waals surface area contributed by atoms with E-state index in [2.05, 4.69) is 17.2 Å². The largest absolute Gasteiger partial charge is 0.491 e. The lowest BCUT2D eigenvalue weighted by molar-refractivity contribution is 0.0888. The standard InChI is InChI=1S/C24H32ClN3O4/c1-3-4-5-6-9-22-17(2)21-11-10-20(13-23(21)32-24(22)30)31-16-19(29)15-28-14-18(26-27-28)8-7-12-25/h10-11,13-14,19,29H,3-9,12,15-16H2,1-2H3. The molecule has 174 valence electrons. The Bertz CT molecular complexity index is 1060. The van der Waals surface area contributed by atoms with Gasteiger partial charge in [0.1, 0.15) is 24.0 Å². The number of fused-ring (bicyclic) bond motifs is 1. The zero-order chi connectivity index (χ0) is 22.9. The first kappa shape index (κ1) is 24.3. The van der Waals surface area contributed by atoms with E-state index in [-0.39, 0.29) is 18.8 Å². The van der Waals surface area contributed by atoms with Gasteiger partial charge in [-0.1, -0.05) is 31.4 Å². The number of hydrogen-bond donors (Lipinski definition) is 1. The highest BCUT2D eigenvalue weighted by molar-refractivity contribution is 6.17. The zero-order valence-electron chi connectivity index (χ0n) is 18.8. The third-order valence-electron chi connectivity index (χ3n) is 5.53. The van der Waals surface area contributed by atoms with Crippen molar-refractivity contribution >= 4 is 22.6 Å². The van der Waals surface area contributed by atoms with Gasteiger partial charge in [0.05, 0.1) is 12.2 Å². The summed E-state index contributed by atoms with van der Waals surface area (Å²) in [4.78, 5) is 12.5. The summed E-state index contributed by atoms with van der Waals surface area (Å²) >= 11 is 5.70. The van der Waals surface area contributed by atoms with E-state index < -0.39 is 6.10 Å². The molecule has 3 rings (SSSR count). The SMILES string of the molecule is CCCCCCc1c(C)c2ccc(OCC(O)Cn3cc(CCCCl)nn3)cc2oc1=O. The first-order chi connectivity index (χ1) is 15.5. The molecule has 1 unspecified atom stereocenters. The van der Waals surface area contributed by atoms with Crippen LogP contribution in [-0.4, -0.2) is 38.7 Å². The number of aryl methyl sites for hydroxylation is 2. The van der Waals surface area contributed by atoms with Crippen molar-refractivity contribution in [1.29, 1.82) is 0 Å². The van der Waals surface area contributed by atoms with Crippen LogP contribution in [-0.2, 0) is 19.4 Å². The molecule has 1 N–H and O–H groups in total. The molecule has 0 fully saturated rings. The summed E-state index contributed by atoms with van der Waals surface area (Å²) in [5.74, 6) is 1.12. The zero-order valence-corrected chi connectivity index (χ0v) is 19.6. The summed E-state index contributed by atoms with van der Waals surface area (Å²) in [6, 6.07) is 5.45. The van der Waals surface area contributed by atoms with E-state index in [1.165, 1.54) is 6.42 Å². The van der Waals surface area contributed by atoms with Gasteiger partial charge >= 0.3 is 5.63 Å². The van der Waals surface area contributed by atoms with Gasteiger partial charge in [0.2, 0.25) is 0 Å². The average Bonchev–Trinajstić information content (AvgIpc) is 3.22. The third kappa shape index (κ3) is 6.56. The maximum Gasteiger partial charge on any atom is 0.339 e. The molecule has 0 spiro atoms. The Morgan fingerprint density at radius 1 is 1.22 bits per heavy atom. The van der Waals surface area contributed by atoms with Gasteiger partial charge in [-0.3, -0.25) is 0 Å². The monoisotopic (exact) mass is 461 g/mol. The van der Waals surface area contributed by atoms with Crippen LogP contribution in [0, 0.1) is 6.92 Å². The Morgan fingerprint density at radius 2 is 2.06 bits per heavy atom. The molecule has 0 amide bonds. The van der Waals surface area contributed by atoms with Gasteiger partial charge in [-0.05, 0) is 50.3 Å². The maximum atomic E-state index is 12.5.